The second kappa shape index (κ2) is 6.45. The molecule has 2 aromatic heterocycles. The Labute approximate surface area is 136 Å². The summed E-state index contributed by atoms with van der Waals surface area (Å²) in [6, 6.07) is 8.95. The number of esters is 1. The Bertz CT molecular complexity index is 936. The first-order valence-corrected chi connectivity index (χ1v) is 7.14. The SMILES string of the molecule is CCOC(=O)c1nc2ccc(F)cn2c1N=Nc1ccccc1O. The zero-order chi connectivity index (χ0) is 17.1. The molecule has 0 aliphatic rings. The lowest BCUT2D eigenvalue weighted by molar-refractivity contribution is 0.0521. The zero-order valence-corrected chi connectivity index (χ0v) is 12.7. The van der Waals surface area contributed by atoms with Crippen LogP contribution in [0, 0.1) is 5.82 Å². The fourth-order valence-corrected chi connectivity index (χ4v) is 2.09. The highest BCUT2D eigenvalue weighted by molar-refractivity contribution is 5.93. The Morgan fingerprint density at radius 2 is 2.08 bits per heavy atom. The van der Waals surface area contributed by atoms with E-state index >= 15 is 0 Å². The lowest BCUT2D eigenvalue weighted by Gasteiger charge is -2.00. The molecule has 0 aliphatic heterocycles. The van der Waals surface area contributed by atoms with Crippen molar-refractivity contribution < 1.29 is 19.0 Å². The minimum Gasteiger partial charge on any atom is -0.506 e. The molecule has 0 fully saturated rings. The number of phenols is 1. The number of phenolic OH excluding ortho intramolecular Hbond substituents is 1. The van der Waals surface area contributed by atoms with Crippen molar-refractivity contribution >= 4 is 23.1 Å². The van der Waals surface area contributed by atoms with Crippen LogP contribution in [0.5, 0.6) is 5.75 Å². The van der Waals surface area contributed by atoms with Gasteiger partial charge in [-0.05, 0) is 31.2 Å². The van der Waals surface area contributed by atoms with Crippen LogP contribution in [0.4, 0.5) is 15.9 Å². The first-order chi connectivity index (χ1) is 11.6. The highest BCUT2D eigenvalue weighted by atomic mass is 19.1. The van der Waals surface area contributed by atoms with E-state index < -0.39 is 11.8 Å². The zero-order valence-electron chi connectivity index (χ0n) is 12.7. The van der Waals surface area contributed by atoms with Crippen LogP contribution in [0.3, 0.4) is 0 Å². The van der Waals surface area contributed by atoms with Gasteiger partial charge in [-0.1, -0.05) is 12.1 Å². The molecule has 0 unspecified atom stereocenters. The van der Waals surface area contributed by atoms with Gasteiger partial charge in [-0.3, -0.25) is 4.40 Å². The number of para-hydroxylation sites is 1. The van der Waals surface area contributed by atoms with Crippen molar-refractivity contribution in [2.24, 2.45) is 10.2 Å². The van der Waals surface area contributed by atoms with E-state index in [4.69, 9.17) is 4.74 Å². The molecular formula is C16H13FN4O3. The third-order valence-corrected chi connectivity index (χ3v) is 3.16. The molecule has 3 rings (SSSR count). The van der Waals surface area contributed by atoms with E-state index in [1.807, 2.05) is 0 Å². The lowest BCUT2D eigenvalue weighted by atomic mass is 10.3. The summed E-state index contributed by atoms with van der Waals surface area (Å²) in [5.41, 5.74) is 0.450. The molecule has 1 N–H and O–H groups in total. The molecule has 0 saturated carbocycles. The van der Waals surface area contributed by atoms with Crippen molar-refractivity contribution in [3.8, 4) is 5.75 Å². The summed E-state index contributed by atoms with van der Waals surface area (Å²) in [5.74, 6) is -1.26. The van der Waals surface area contributed by atoms with Gasteiger partial charge in [-0.2, -0.15) is 0 Å². The van der Waals surface area contributed by atoms with Gasteiger partial charge in [0.05, 0.1) is 6.61 Å². The van der Waals surface area contributed by atoms with Gasteiger partial charge in [0.15, 0.2) is 11.5 Å². The van der Waals surface area contributed by atoms with Gasteiger partial charge in [0.25, 0.3) is 0 Å². The molecule has 122 valence electrons. The normalized spacial score (nSPS) is 11.2. The average Bonchev–Trinajstić information content (AvgIpc) is 2.92. The highest BCUT2D eigenvalue weighted by Crippen LogP contribution is 2.29. The number of pyridine rings is 1. The number of hydrogen-bond acceptors (Lipinski definition) is 6. The quantitative estimate of drug-likeness (QED) is 0.583. The molecule has 24 heavy (non-hydrogen) atoms. The van der Waals surface area contributed by atoms with Crippen LogP contribution in [-0.2, 0) is 4.74 Å². The van der Waals surface area contributed by atoms with E-state index in [0.29, 0.717) is 5.65 Å². The third kappa shape index (κ3) is 2.94. The fraction of sp³-hybridized carbons (Fsp3) is 0.125. The van der Waals surface area contributed by atoms with E-state index in [1.54, 1.807) is 25.1 Å². The number of azo groups is 1. The van der Waals surface area contributed by atoms with Crippen molar-refractivity contribution in [2.75, 3.05) is 6.61 Å². The van der Waals surface area contributed by atoms with Crippen LogP contribution < -0.4 is 0 Å². The van der Waals surface area contributed by atoms with E-state index in [-0.39, 0.29) is 29.6 Å². The molecule has 0 radical (unpaired) electrons. The molecule has 0 atom stereocenters. The largest absolute Gasteiger partial charge is 0.506 e. The topological polar surface area (TPSA) is 88.5 Å². The minimum absolute atomic E-state index is 0.0196. The number of carbonyl (C=O) groups excluding carboxylic acids is 1. The molecule has 1 aromatic carbocycles. The fourth-order valence-electron chi connectivity index (χ4n) is 2.09. The summed E-state index contributed by atoms with van der Waals surface area (Å²) in [4.78, 5) is 16.2. The molecule has 3 aromatic rings. The van der Waals surface area contributed by atoms with Crippen molar-refractivity contribution in [3.05, 3.63) is 54.1 Å². The number of aromatic hydroxyl groups is 1. The first kappa shape index (κ1) is 15.6. The molecule has 2 heterocycles. The van der Waals surface area contributed by atoms with Crippen LogP contribution in [-0.4, -0.2) is 27.1 Å². The number of hydrogen-bond donors (Lipinski definition) is 1. The number of benzene rings is 1. The van der Waals surface area contributed by atoms with Gasteiger partial charge in [0.1, 0.15) is 22.9 Å². The number of carbonyl (C=O) groups is 1. The van der Waals surface area contributed by atoms with Gasteiger partial charge in [0, 0.05) is 6.20 Å². The van der Waals surface area contributed by atoms with Crippen molar-refractivity contribution in [1.29, 1.82) is 0 Å². The third-order valence-electron chi connectivity index (χ3n) is 3.16. The maximum atomic E-state index is 13.5. The number of aromatic nitrogens is 2. The summed E-state index contributed by atoms with van der Waals surface area (Å²) < 4.78 is 19.8. The smallest absolute Gasteiger partial charge is 0.360 e. The molecule has 7 nitrogen and oxygen atoms in total. The Morgan fingerprint density at radius 1 is 1.29 bits per heavy atom. The molecule has 0 aliphatic carbocycles. The molecule has 0 bridgehead atoms. The van der Waals surface area contributed by atoms with Crippen LogP contribution in [0.25, 0.3) is 5.65 Å². The number of ether oxygens (including phenoxy) is 1. The number of rotatable bonds is 4. The average molecular weight is 328 g/mol. The summed E-state index contributed by atoms with van der Waals surface area (Å²) in [6.07, 6.45) is 1.14. The predicted molar refractivity (Wildman–Crippen MR) is 83.4 cm³/mol. The number of nitrogens with zero attached hydrogens (tertiary/aromatic N) is 4. The predicted octanol–water partition coefficient (Wildman–Crippen LogP) is 3.77. The van der Waals surface area contributed by atoms with Gasteiger partial charge in [0.2, 0.25) is 0 Å². The molecule has 0 amide bonds. The second-order valence-corrected chi connectivity index (χ2v) is 4.77. The standard InChI is InChI=1S/C16H13FN4O3/c1-2-24-16(23)14-15(20-19-11-5-3-4-6-12(11)22)21-9-10(17)7-8-13(21)18-14/h3-9,22H,2H2,1H3. The summed E-state index contributed by atoms with van der Waals surface area (Å²) in [6.45, 7) is 1.83. The van der Waals surface area contributed by atoms with Crippen LogP contribution in [0.1, 0.15) is 17.4 Å². The van der Waals surface area contributed by atoms with Crippen LogP contribution >= 0.6 is 0 Å². The Balaban J connectivity index is 2.13. The van der Waals surface area contributed by atoms with Gasteiger partial charge in [-0.15, -0.1) is 10.2 Å². The lowest BCUT2D eigenvalue weighted by Crippen LogP contribution is -2.05. The van der Waals surface area contributed by atoms with Gasteiger partial charge >= 0.3 is 5.97 Å². The van der Waals surface area contributed by atoms with Crippen molar-refractivity contribution in [3.63, 3.8) is 0 Å². The molecule has 0 spiro atoms. The van der Waals surface area contributed by atoms with E-state index in [1.165, 1.54) is 22.6 Å². The molecular weight excluding hydrogens is 315 g/mol. The maximum absolute atomic E-state index is 13.5. The number of fused-ring (bicyclic) bond motifs is 1. The van der Waals surface area contributed by atoms with E-state index in [2.05, 4.69) is 15.2 Å². The number of imidazole rings is 1. The van der Waals surface area contributed by atoms with Gasteiger partial charge < -0.3 is 9.84 Å². The first-order valence-electron chi connectivity index (χ1n) is 7.14. The Kier molecular flexibility index (Phi) is 4.19. The summed E-state index contributed by atoms with van der Waals surface area (Å²) >= 11 is 0. The molecule has 0 saturated heterocycles. The monoisotopic (exact) mass is 328 g/mol. The highest BCUT2D eigenvalue weighted by Gasteiger charge is 2.20. The molecule has 8 heteroatoms. The van der Waals surface area contributed by atoms with E-state index in [0.717, 1.165) is 6.20 Å². The summed E-state index contributed by atoms with van der Waals surface area (Å²) in [5, 5.41) is 17.6. The van der Waals surface area contributed by atoms with Crippen LogP contribution in [0.15, 0.2) is 52.8 Å². The maximum Gasteiger partial charge on any atom is 0.360 e. The van der Waals surface area contributed by atoms with Crippen molar-refractivity contribution in [1.82, 2.24) is 9.38 Å². The Morgan fingerprint density at radius 3 is 2.83 bits per heavy atom. The van der Waals surface area contributed by atoms with Crippen LogP contribution in [0.2, 0.25) is 0 Å². The number of halogens is 1. The van der Waals surface area contributed by atoms with E-state index in [9.17, 15) is 14.3 Å². The van der Waals surface area contributed by atoms with Crippen molar-refractivity contribution in [2.45, 2.75) is 6.92 Å². The second-order valence-electron chi connectivity index (χ2n) is 4.77. The minimum atomic E-state index is -0.687. The Hall–Kier alpha value is -3.29. The summed E-state index contributed by atoms with van der Waals surface area (Å²) in [7, 11) is 0. The van der Waals surface area contributed by atoms with Gasteiger partial charge in [-0.25, -0.2) is 14.2 Å².